The lowest BCUT2D eigenvalue weighted by Gasteiger charge is -2.09. The molecule has 2 amide bonds. The van der Waals surface area contributed by atoms with Gasteiger partial charge < -0.3 is 24.8 Å². The van der Waals surface area contributed by atoms with Crippen LogP contribution in [0.25, 0.3) is 0 Å². The molecule has 3 rings (SSSR count). The molecule has 0 spiro atoms. The summed E-state index contributed by atoms with van der Waals surface area (Å²) < 4.78 is 16.9. The van der Waals surface area contributed by atoms with Crippen LogP contribution >= 0.6 is 15.9 Å². The summed E-state index contributed by atoms with van der Waals surface area (Å²) in [6.07, 6.45) is 0.379. The van der Waals surface area contributed by atoms with E-state index < -0.39 is 24.5 Å². The Hall–Kier alpha value is -4.18. The number of hydrogen-bond acceptors (Lipinski definition) is 7. The van der Waals surface area contributed by atoms with Crippen LogP contribution in [0.3, 0.4) is 0 Å². The average molecular weight is 611 g/mol. The highest BCUT2D eigenvalue weighted by Crippen LogP contribution is 2.24. The molecule has 0 saturated heterocycles. The van der Waals surface area contributed by atoms with Crippen LogP contribution in [0.2, 0.25) is 0 Å². The van der Waals surface area contributed by atoms with Gasteiger partial charge in [-0.05, 0) is 85.1 Å². The Balaban J connectivity index is 1.30. The number of nitrogens with one attached hydrogen (secondary N) is 2. The van der Waals surface area contributed by atoms with Crippen molar-refractivity contribution >= 4 is 51.1 Å². The number of halogens is 1. The van der Waals surface area contributed by atoms with Crippen LogP contribution in [0.4, 0.5) is 11.4 Å². The van der Waals surface area contributed by atoms with E-state index in [0.717, 1.165) is 4.47 Å². The molecule has 0 saturated carbocycles. The van der Waals surface area contributed by atoms with Crippen molar-refractivity contribution < 1.29 is 33.4 Å². The van der Waals surface area contributed by atoms with E-state index in [-0.39, 0.29) is 31.1 Å². The third-order valence-corrected chi connectivity index (χ3v) is 5.82. The van der Waals surface area contributed by atoms with Gasteiger partial charge in [-0.1, -0.05) is 29.8 Å². The molecular weight excluding hydrogens is 580 g/mol. The Morgan fingerprint density at radius 2 is 1.27 bits per heavy atom. The van der Waals surface area contributed by atoms with Crippen LogP contribution in [0.15, 0.2) is 77.3 Å². The molecule has 9 nitrogen and oxygen atoms in total. The SMILES string of the molecule is CC(C)COC(=O)c1ccc(NC(=O)COC(=O)CCCC(=O)Nc2ccc(Oc3ccc(Br)cc3)cc2)cc1. The Morgan fingerprint density at radius 1 is 0.725 bits per heavy atom. The van der Waals surface area contributed by atoms with Gasteiger partial charge in [0.25, 0.3) is 5.91 Å². The first-order chi connectivity index (χ1) is 19.2. The zero-order valence-corrected chi connectivity index (χ0v) is 23.9. The lowest BCUT2D eigenvalue weighted by molar-refractivity contribution is -0.147. The second-order valence-corrected chi connectivity index (χ2v) is 10.2. The van der Waals surface area contributed by atoms with Crippen LogP contribution in [0.5, 0.6) is 11.5 Å². The number of hydrogen-bond donors (Lipinski definition) is 2. The highest BCUT2D eigenvalue weighted by atomic mass is 79.9. The maximum Gasteiger partial charge on any atom is 0.338 e. The van der Waals surface area contributed by atoms with Crippen molar-refractivity contribution in [2.24, 2.45) is 5.92 Å². The van der Waals surface area contributed by atoms with Gasteiger partial charge in [-0.15, -0.1) is 0 Å². The summed E-state index contributed by atoms with van der Waals surface area (Å²) in [5.74, 6) is -0.229. The van der Waals surface area contributed by atoms with Gasteiger partial charge in [0.05, 0.1) is 12.2 Å². The predicted molar refractivity (Wildman–Crippen MR) is 154 cm³/mol. The predicted octanol–water partition coefficient (Wildman–Crippen LogP) is 6.34. The van der Waals surface area contributed by atoms with E-state index in [1.54, 1.807) is 48.5 Å². The van der Waals surface area contributed by atoms with Crippen LogP contribution in [0.1, 0.15) is 43.5 Å². The Kier molecular flexibility index (Phi) is 11.7. The molecule has 3 aromatic rings. The minimum atomic E-state index is -0.583. The molecule has 0 unspecified atom stereocenters. The first-order valence-electron chi connectivity index (χ1n) is 12.7. The summed E-state index contributed by atoms with van der Waals surface area (Å²) in [6, 6.07) is 20.6. The molecule has 0 radical (unpaired) electrons. The van der Waals surface area contributed by atoms with Gasteiger partial charge in [0.1, 0.15) is 11.5 Å². The standard InChI is InChI=1S/C30H31BrN2O7/c1-20(2)18-39-30(37)21-6-10-23(11-7-21)33-28(35)19-38-29(36)5-3-4-27(34)32-24-12-16-26(17-13-24)40-25-14-8-22(31)9-15-25/h6-17,20H,3-5,18-19H2,1-2H3,(H,32,34)(H,33,35). The van der Waals surface area contributed by atoms with Crippen molar-refractivity contribution in [3.05, 3.63) is 82.8 Å². The minimum absolute atomic E-state index is 0.00610. The molecule has 0 aliphatic rings. The van der Waals surface area contributed by atoms with Crippen molar-refractivity contribution in [2.45, 2.75) is 33.1 Å². The van der Waals surface area contributed by atoms with Gasteiger partial charge in [-0.3, -0.25) is 14.4 Å². The molecule has 0 fully saturated rings. The molecular formula is C30H31BrN2O7. The maximum atomic E-state index is 12.2. The molecule has 3 aromatic carbocycles. The molecule has 10 heteroatoms. The van der Waals surface area contributed by atoms with Crippen molar-refractivity contribution in [1.82, 2.24) is 0 Å². The fourth-order valence-electron chi connectivity index (χ4n) is 3.29. The topological polar surface area (TPSA) is 120 Å². The third kappa shape index (κ3) is 10.9. The number of ether oxygens (including phenoxy) is 3. The van der Waals surface area contributed by atoms with E-state index in [2.05, 4.69) is 26.6 Å². The highest BCUT2D eigenvalue weighted by Gasteiger charge is 2.12. The maximum absolute atomic E-state index is 12.2. The summed E-state index contributed by atoms with van der Waals surface area (Å²) in [5.41, 5.74) is 1.43. The molecule has 40 heavy (non-hydrogen) atoms. The Morgan fingerprint density at radius 3 is 1.88 bits per heavy atom. The van der Waals surface area contributed by atoms with Gasteiger partial charge >= 0.3 is 11.9 Å². The van der Waals surface area contributed by atoms with Gasteiger partial charge in [0, 0.05) is 28.7 Å². The van der Waals surface area contributed by atoms with Gasteiger partial charge in [0.2, 0.25) is 5.91 Å². The fourth-order valence-corrected chi connectivity index (χ4v) is 3.56. The summed E-state index contributed by atoms with van der Waals surface area (Å²) in [6.45, 7) is 3.75. The van der Waals surface area contributed by atoms with Gasteiger partial charge in [0.15, 0.2) is 6.61 Å². The fraction of sp³-hybridized carbons (Fsp3) is 0.267. The monoisotopic (exact) mass is 610 g/mol. The molecule has 0 aromatic heterocycles. The second kappa shape index (κ2) is 15.4. The van der Waals surface area contributed by atoms with E-state index in [4.69, 9.17) is 14.2 Å². The molecule has 0 aliphatic carbocycles. The lowest BCUT2D eigenvalue weighted by atomic mass is 10.2. The molecule has 0 heterocycles. The van der Waals surface area contributed by atoms with E-state index in [1.807, 2.05) is 38.1 Å². The van der Waals surface area contributed by atoms with E-state index in [0.29, 0.717) is 35.0 Å². The molecule has 210 valence electrons. The number of benzene rings is 3. The number of carbonyl (C=O) groups is 4. The molecule has 0 aliphatic heterocycles. The highest BCUT2D eigenvalue weighted by molar-refractivity contribution is 9.10. The number of rotatable bonds is 13. The van der Waals surface area contributed by atoms with Crippen LogP contribution < -0.4 is 15.4 Å². The van der Waals surface area contributed by atoms with Crippen LogP contribution in [-0.2, 0) is 23.9 Å². The zero-order valence-electron chi connectivity index (χ0n) is 22.3. The molecule has 0 bridgehead atoms. The molecule has 0 atom stereocenters. The van der Waals surface area contributed by atoms with Crippen molar-refractivity contribution in [2.75, 3.05) is 23.8 Å². The summed E-state index contributed by atoms with van der Waals surface area (Å²) in [7, 11) is 0. The first kappa shape index (κ1) is 30.4. The first-order valence-corrected chi connectivity index (χ1v) is 13.5. The third-order valence-electron chi connectivity index (χ3n) is 5.29. The van der Waals surface area contributed by atoms with E-state index in [1.165, 1.54) is 0 Å². The number of amides is 2. The normalized spacial score (nSPS) is 10.5. The van der Waals surface area contributed by atoms with Crippen molar-refractivity contribution in [3.63, 3.8) is 0 Å². The average Bonchev–Trinajstić information content (AvgIpc) is 2.93. The largest absolute Gasteiger partial charge is 0.462 e. The van der Waals surface area contributed by atoms with E-state index >= 15 is 0 Å². The number of anilines is 2. The number of carbonyl (C=O) groups excluding carboxylic acids is 4. The smallest absolute Gasteiger partial charge is 0.338 e. The number of esters is 2. The van der Waals surface area contributed by atoms with Gasteiger partial charge in [-0.25, -0.2) is 4.79 Å². The summed E-state index contributed by atoms with van der Waals surface area (Å²) in [5, 5.41) is 5.36. The summed E-state index contributed by atoms with van der Waals surface area (Å²) in [4.78, 5) is 48.2. The summed E-state index contributed by atoms with van der Waals surface area (Å²) >= 11 is 3.38. The Bertz CT molecular complexity index is 1290. The Labute approximate surface area is 241 Å². The van der Waals surface area contributed by atoms with Crippen molar-refractivity contribution in [1.29, 1.82) is 0 Å². The molecule has 2 N–H and O–H groups in total. The van der Waals surface area contributed by atoms with Gasteiger partial charge in [-0.2, -0.15) is 0 Å². The minimum Gasteiger partial charge on any atom is -0.462 e. The zero-order chi connectivity index (χ0) is 28.9. The quantitative estimate of drug-likeness (QED) is 0.216. The van der Waals surface area contributed by atoms with Crippen LogP contribution in [0, 0.1) is 5.92 Å². The second-order valence-electron chi connectivity index (χ2n) is 9.26. The van der Waals surface area contributed by atoms with E-state index in [9.17, 15) is 19.2 Å². The van der Waals surface area contributed by atoms with Crippen molar-refractivity contribution in [3.8, 4) is 11.5 Å². The van der Waals surface area contributed by atoms with Crippen LogP contribution in [-0.4, -0.2) is 37.0 Å². The lowest BCUT2D eigenvalue weighted by Crippen LogP contribution is -2.21.